The average Bonchev–Trinajstić information content (AvgIpc) is 3.20. The number of benzene rings is 1. The summed E-state index contributed by atoms with van der Waals surface area (Å²) in [5, 5.41) is 0. The van der Waals surface area contributed by atoms with Gasteiger partial charge < -0.3 is 24.8 Å². The van der Waals surface area contributed by atoms with E-state index in [0.29, 0.717) is 32.3 Å². The third-order valence-corrected chi connectivity index (χ3v) is 4.52. The van der Waals surface area contributed by atoms with Crippen molar-refractivity contribution in [3.8, 4) is 5.75 Å². The Balaban J connectivity index is 1.83. The SMILES string of the molecule is COCCN(Cc1ccc(OC)cc1)c1cc([C@H]2CCOC2)nc(N)n1. The lowest BCUT2D eigenvalue weighted by Crippen LogP contribution is -2.28. The van der Waals surface area contributed by atoms with Crippen LogP contribution in [0.5, 0.6) is 5.75 Å². The summed E-state index contributed by atoms with van der Waals surface area (Å²) in [6.07, 6.45) is 0.965. The summed E-state index contributed by atoms with van der Waals surface area (Å²) in [7, 11) is 3.36. The van der Waals surface area contributed by atoms with E-state index in [0.717, 1.165) is 35.9 Å². The zero-order chi connectivity index (χ0) is 18.4. The molecule has 1 aliphatic heterocycles. The molecule has 0 spiro atoms. The van der Waals surface area contributed by atoms with Gasteiger partial charge in [-0.25, -0.2) is 4.98 Å². The molecule has 1 aromatic heterocycles. The molecule has 0 saturated carbocycles. The van der Waals surface area contributed by atoms with Crippen molar-refractivity contribution in [2.45, 2.75) is 18.9 Å². The predicted molar refractivity (Wildman–Crippen MR) is 101 cm³/mol. The predicted octanol–water partition coefficient (Wildman–Crippen LogP) is 2.22. The van der Waals surface area contributed by atoms with E-state index in [1.165, 1.54) is 0 Å². The van der Waals surface area contributed by atoms with Gasteiger partial charge in [0.05, 0.1) is 26.0 Å². The minimum absolute atomic E-state index is 0.282. The van der Waals surface area contributed by atoms with Gasteiger partial charge in [-0.1, -0.05) is 12.1 Å². The lowest BCUT2D eigenvalue weighted by Gasteiger charge is -2.24. The highest BCUT2D eigenvalue weighted by Crippen LogP contribution is 2.27. The molecule has 7 heteroatoms. The van der Waals surface area contributed by atoms with E-state index < -0.39 is 0 Å². The molecule has 1 aromatic carbocycles. The maximum atomic E-state index is 5.99. The number of rotatable bonds is 8. The second-order valence-corrected chi connectivity index (χ2v) is 6.33. The van der Waals surface area contributed by atoms with Gasteiger partial charge in [-0.2, -0.15) is 4.98 Å². The van der Waals surface area contributed by atoms with Crippen molar-refractivity contribution in [3.63, 3.8) is 0 Å². The number of nitrogens with zero attached hydrogens (tertiary/aromatic N) is 3. The lowest BCUT2D eigenvalue weighted by molar-refractivity contribution is 0.193. The summed E-state index contributed by atoms with van der Waals surface area (Å²) in [6, 6.07) is 10.0. The van der Waals surface area contributed by atoms with E-state index in [2.05, 4.69) is 27.0 Å². The molecule has 1 saturated heterocycles. The van der Waals surface area contributed by atoms with Crippen LogP contribution in [0.25, 0.3) is 0 Å². The van der Waals surface area contributed by atoms with Gasteiger partial charge in [0, 0.05) is 38.8 Å². The first-order valence-electron chi connectivity index (χ1n) is 8.78. The van der Waals surface area contributed by atoms with E-state index in [1.807, 2.05) is 18.2 Å². The molecular weight excluding hydrogens is 332 g/mol. The molecule has 0 bridgehead atoms. The number of nitrogens with two attached hydrogens (primary N) is 1. The van der Waals surface area contributed by atoms with Crippen LogP contribution in [0, 0.1) is 0 Å². The first-order chi connectivity index (χ1) is 12.7. The maximum Gasteiger partial charge on any atom is 0.222 e. The zero-order valence-corrected chi connectivity index (χ0v) is 15.4. The largest absolute Gasteiger partial charge is 0.497 e. The Morgan fingerprint density at radius 1 is 1.23 bits per heavy atom. The lowest BCUT2D eigenvalue weighted by atomic mass is 10.0. The van der Waals surface area contributed by atoms with Crippen molar-refractivity contribution in [1.29, 1.82) is 0 Å². The molecule has 140 valence electrons. The fourth-order valence-corrected chi connectivity index (χ4v) is 3.04. The van der Waals surface area contributed by atoms with Crippen LogP contribution in [0.15, 0.2) is 30.3 Å². The Kier molecular flexibility index (Phi) is 6.25. The quantitative estimate of drug-likeness (QED) is 0.775. The topological polar surface area (TPSA) is 82.7 Å². The molecule has 2 heterocycles. The average molecular weight is 358 g/mol. The monoisotopic (exact) mass is 358 g/mol. The zero-order valence-electron chi connectivity index (χ0n) is 15.4. The first-order valence-corrected chi connectivity index (χ1v) is 8.78. The highest BCUT2D eigenvalue weighted by atomic mass is 16.5. The van der Waals surface area contributed by atoms with Gasteiger partial charge in [0.25, 0.3) is 0 Å². The fraction of sp³-hybridized carbons (Fsp3) is 0.474. The molecule has 0 amide bonds. The number of methoxy groups -OCH3 is 2. The Labute approximate surface area is 154 Å². The number of aromatic nitrogens is 2. The van der Waals surface area contributed by atoms with Crippen LogP contribution in [-0.2, 0) is 16.0 Å². The molecule has 1 atom stereocenters. The number of anilines is 2. The third kappa shape index (κ3) is 4.62. The molecule has 3 rings (SSSR count). The van der Waals surface area contributed by atoms with Gasteiger partial charge in [0.2, 0.25) is 5.95 Å². The second kappa shape index (κ2) is 8.82. The van der Waals surface area contributed by atoms with Gasteiger partial charge in [-0.15, -0.1) is 0 Å². The van der Waals surface area contributed by atoms with Crippen molar-refractivity contribution in [3.05, 3.63) is 41.6 Å². The van der Waals surface area contributed by atoms with Gasteiger partial charge in [0.15, 0.2) is 0 Å². The molecule has 0 radical (unpaired) electrons. The van der Waals surface area contributed by atoms with Crippen molar-refractivity contribution < 1.29 is 14.2 Å². The van der Waals surface area contributed by atoms with Crippen molar-refractivity contribution in [2.75, 3.05) is 51.2 Å². The van der Waals surface area contributed by atoms with Crippen LogP contribution < -0.4 is 15.4 Å². The van der Waals surface area contributed by atoms with E-state index >= 15 is 0 Å². The highest BCUT2D eigenvalue weighted by molar-refractivity contribution is 5.45. The van der Waals surface area contributed by atoms with Crippen LogP contribution in [0.1, 0.15) is 23.6 Å². The normalized spacial score (nSPS) is 16.6. The van der Waals surface area contributed by atoms with Gasteiger partial charge in [0.1, 0.15) is 11.6 Å². The summed E-state index contributed by atoms with van der Waals surface area (Å²) in [5.74, 6) is 2.23. The van der Waals surface area contributed by atoms with Crippen LogP contribution in [-0.4, -0.2) is 50.6 Å². The number of ether oxygens (including phenoxy) is 3. The Hall–Kier alpha value is -2.38. The second-order valence-electron chi connectivity index (χ2n) is 6.33. The summed E-state index contributed by atoms with van der Waals surface area (Å²) in [4.78, 5) is 11.0. The van der Waals surface area contributed by atoms with E-state index in [4.69, 9.17) is 19.9 Å². The van der Waals surface area contributed by atoms with Crippen LogP contribution >= 0.6 is 0 Å². The summed E-state index contributed by atoms with van der Waals surface area (Å²) in [5.41, 5.74) is 8.09. The molecule has 2 aromatic rings. The highest BCUT2D eigenvalue weighted by Gasteiger charge is 2.21. The van der Waals surface area contributed by atoms with Gasteiger partial charge in [-0.3, -0.25) is 0 Å². The third-order valence-electron chi connectivity index (χ3n) is 4.52. The van der Waals surface area contributed by atoms with E-state index in [1.54, 1.807) is 14.2 Å². The molecule has 0 aliphatic carbocycles. The molecule has 7 nitrogen and oxygen atoms in total. The number of nitrogen functional groups attached to an aromatic ring is 1. The van der Waals surface area contributed by atoms with Crippen LogP contribution in [0.3, 0.4) is 0 Å². The number of hydrogen-bond acceptors (Lipinski definition) is 7. The molecule has 26 heavy (non-hydrogen) atoms. The van der Waals surface area contributed by atoms with Crippen molar-refractivity contribution in [1.82, 2.24) is 9.97 Å². The van der Waals surface area contributed by atoms with Crippen LogP contribution in [0.2, 0.25) is 0 Å². The van der Waals surface area contributed by atoms with Gasteiger partial charge in [-0.05, 0) is 24.1 Å². The minimum Gasteiger partial charge on any atom is -0.497 e. The number of hydrogen-bond donors (Lipinski definition) is 1. The molecule has 0 unspecified atom stereocenters. The maximum absolute atomic E-state index is 5.99. The van der Waals surface area contributed by atoms with E-state index in [-0.39, 0.29) is 5.92 Å². The summed E-state index contributed by atoms with van der Waals surface area (Å²) >= 11 is 0. The molecular formula is C19H26N4O3. The molecule has 2 N–H and O–H groups in total. The smallest absolute Gasteiger partial charge is 0.222 e. The molecule has 1 aliphatic rings. The molecule has 1 fully saturated rings. The fourth-order valence-electron chi connectivity index (χ4n) is 3.04. The van der Waals surface area contributed by atoms with Crippen molar-refractivity contribution >= 4 is 11.8 Å². The van der Waals surface area contributed by atoms with Crippen molar-refractivity contribution in [2.24, 2.45) is 0 Å². The summed E-state index contributed by atoms with van der Waals surface area (Å²) < 4.78 is 16.0. The first kappa shape index (κ1) is 18.4. The Morgan fingerprint density at radius 3 is 2.69 bits per heavy atom. The minimum atomic E-state index is 0.282. The standard InChI is InChI=1S/C19H26N4O3/c1-24-10-8-23(12-14-3-5-16(25-2)6-4-14)18-11-17(21-19(20)22-18)15-7-9-26-13-15/h3-6,11,15H,7-10,12-13H2,1-2H3,(H2,20,21,22)/t15-/m0/s1. The Morgan fingerprint density at radius 2 is 2.04 bits per heavy atom. The van der Waals surface area contributed by atoms with Gasteiger partial charge >= 0.3 is 0 Å². The van der Waals surface area contributed by atoms with E-state index in [9.17, 15) is 0 Å². The van der Waals surface area contributed by atoms with Crippen LogP contribution in [0.4, 0.5) is 11.8 Å². The Bertz CT molecular complexity index is 702. The summed E-state index contributed by atoms with van der Waals surface area (Å²) in [6.45, 7) is 3.46.